The van der Waals surface area contributed by atoms with Gasteiger partial charge in [-0.15, -0.1) is 0 Å². The summed E-state index contributed by atoms with van der Waals surface area (Å²) in [5.41, 5.74) is 2.51. The molecule has 5 rings (SSSR count). The number of aromatic nitrogens is 4. The molecule has 3 aromatic rings. The van der Waals surface area contributed by atoms with Crippen LogP contribution in [0.5, 0.6) is 0 Å². The number of nitrogens with zero attached hydrogens (tertiary/aromatic N) is 5. The number of carbonyl (C=O) groups is 1. The first kappa shape index (κ1) is 22.6. The van der Waals surface area contributed by atoms with Gasteiger partial charge in [0.15, 0.2) is 15.7 Å². The van der Waals surface area contributed by atoms with Crippen molar-refractivity contribution in [1.29, 1.82) is 0 Å². The molecule has 178 valence electrons. The first-order chi connectivity index (χ1) is 16.2. The molecule has 10 nitrogen and oxygen atoms in total. The van der Waals surface area contributed by atoms with Gasteiger partial charge in [-0.2, -0.15) is 0 Å². The Labute approximate surface area is 198 Å². The number of piperazine rings is 1. The summed E-state index contributed by atoms with van der Waals surface area (Å²) in [6.45, 7) is 4.46. The highest BCUT2D eigenvalue weighted by Crippen LogP contribution is 2.45. The molecular formula is C23H27N7O3S. The molecule has 2 atom stereocenters. The number of pyridine rings is 2. The SMILES string of the molecule is CC(=O)Nc1cc(-c2nc(N3CCNC(S(C)(=O)=O)C3C)c3c(C4CC4)cncc3n2)ccn1. The number of amides is 1. The van der Waals surface area contributed by atoms with Gasteiger partial charge in [0.25, 0.3) is 0 Å². The van der Waals surface area contributed by atoms with Gasteiger partial charge in [0.05, 0.1) is 17.8 Å². The van der Waals surface area contributed by atoms with Crippen LogP contribution in [0.3, 0.4) is 0 Å². The Morgan fingerprint density at radius 3 is 2.74 bits per heavy atom. The average molecular weight is 482 g/mol. The minimum absolute atomic E-state index is 0.218. The summed E-state index contributed by atoms with van der Waals surface area (Å²) >= 11 is 0. The molecule has 0 bridgehead atoms. The predicted molar refractivity (Wildman–Crippen MR) is 130 cm³/mol. The van der Waals surface area contributed by atoms with Gasteiger partial charge < -0.3 is 10.2 Å². The molecule has 11 heteroatoms. The molecule has 4 heterocycles. The van der Waals surface area contributed by atoms with Crippen LogP contribution in [0.4, 0.5) is 11.6 Å². The average Bonchev–Trinajstić information content (AvgIpc) is 3.62. The molecule has 3 aromatic heterocycles. The van der Waals surface area contributed by atoms with Gasteiger partial charge in [0.1, 0.15) is 17.0 Å². The van der Waals surface area contributed by atoms with Gasteiger partial charge in [0, 0.05) is 49.6 Å². The highest BCUT2D eigenvalue weighted by molar-refractivity contribution is 7.91. The standard InChI is InChI=1S/C23H27N7O3S/c1-13-23(34(3,32)33)26-8-9-30(13)22-20-17(15-4-5-15)11-24-12-18(20)28-21(29-22)16-6-7-25-19(10-16)27-14(2)31/h6-7,10-13,15,23,26H,4-5,8-9H2,1-3H3,(H,25,27,31). The third-order valence-corrected chi connectivity index (χ3v) is 7.80. The molecule has 1 aliphatic heterocycles. The molecule has 0 spiro atoms. The smallest absolute Gasteiger partial charge is 0.222 e. The summed E-state index contributed by atoms with van der Waals surface area (Å²) in [6, 6.07) is 3.18. The third-order valence-electron chi connectivity index (χ3n) is 6.32. The van der Waals surface area contributed by atoms with E-state index in [0.717, 1.165) is 23.8 Å². The summed E-state index contributed by atoms with van der Waals surface area (Å²) in [5, 5.41) is 6.06. The van der Waals surface area contributed by atoms with E-state index in [2.05, 4.69) is 25.5 Å². The molecule has 1 amide bonds. The van der Waals surface area contributed by atoms with Crippen LogP contribution < -0.4 is 15.5 Å². The summed E-state index contributed by atoms with van der Waals surface area (Å²) in [7, 11) is -3.32. The largest absolute Gasteiger partial charge is 0.349 e. The highest BCUT2D eigenvalue weighted by Gasteiger charge is 2.37. The Hall–Kier alpha value is -3.18. The van der Waals surface area contributed by atoms with Gasteiger partial charge >= 0.3 is 0 Å². The molecule has 1 aliphatic carbocycles. The maximum Gasteiger partial charge on any atom is 0.222 e. The zero-order valence-corrected chi connectivity index (χ0v) is 20.1. The maximum atomic E-state index is 12.5. The second-order valence-electron chi connectivity index (χ2n) is 9.02. The van der Waals surface area contributed by atoms with Crippen LogP contribution in [-0.4, -0.2) is 65.0 Å². The Morgan fingerprint density at radius 1 is 1.24 bits per heavy atom. The van der Waals surface area contributed by atoms with Crippen molar-refractivity contribution in [3.8, 4) is 11.4 Å². The van der Waals surface area contributed by atoms with Crippen molar-refractivity contribution >= 4 is 38.3 Å². The quantitative estimate of drug-likeness (QED) is 0.562. The Balaban J connectivity index is 1.69. The number of hydrogen-bond acceptors (Lipinski definition) is 9. The summed E-state index contributed by atoms with van der Waals surface area (Å²) in [6.07, 6.45) is 8.65. The normalized spacial score (nSPS) is 21.0. The number of rotatable bonds is 5. The van der Waals surface area contributed by atoms with Crippen LogP contribution in [0.25, 0.3) is 22.3 Å². The van der Waals surface area contributed by atoms with E-state index in [0.29, 0.717) is 47.5 Å². The first-order valence-corrected chi connectivity index (χ1v) is 13.3. The maximum absolute atomic E-state index is 12.5. The zero-order valence-electron chi connectivity index (χ0n) is 19.3. The first-order valence-electron chi connectivity index (χ1n) is 11.3. The van der Waals surface area contributed by atoms with Crippen molar-refractivity contribution in [2.24, 2.45) is 0 Å². The fourth-order valence-electron chi connectivity index (χ4n) is 4.62. The molecule has 1 saturated heterocycles. The van der Waals surface area contributed by atoms with E-state index in [9.17, 15) is 13.2 Å². The van der Waals surface area contributed by atoms with Gasteiger partial charge in [-0.25, -0.2) is 23.4 Å². The lowest BCUT2D eigenvalue weighted by Crippen LogP contribution is -2.59. The predicted octanol–water partition coefficient (Wildman–Crippen LogP) is 2.09. The minimum Gasteiger partial charge on any atom is -0.349 e. The van der Waals surface area contributed by atoms with Crippen molar-refractivity contribution in [2.75, 3.05) is 29.6 Å². The molecule has 2 aliphatic rings. The number of anilines is 2. The molecule has 34 heavy (non-hydrogen) atoms. The van der Waals surface area contributed by atoms with Gasteiger partial charge in [-0.3, -0.25) is 15.1 Å². The van der Waals surface area contributed by atoms with Crippen LogP contribution in [0.1, 0.15) is 38.2 Å². The fourth-order valence-corrected chi connectivity index (χ4v) is 5.90. The minimum atomic E-state index is -3.32. The van der Waals surface area contributed by atoms with Gasteiger partial charge in [-0.1, -0.05) is 0 Å². The lowest BCUT2D eigenvalue weighted by molar-refractivity contribution is -0.114. The molecule has 1 saturated carbocycles. The van der Waals surface area contributed by atoms with E-state index < -0.39 is 15.2 Å². The van der Waals surface area contributed by atoms with Crippen molar-refractivity contribution in [3.05, 3.63) is 36.3 Å². The van der Waals surface area contributed by atoms with Crippen molar-refractivity contribution in [1.82, 2.24) is 25.3 Å². The Kier molecular flexibility index (Phi) is 5.68. The van der Waals surface area contributed by atoms with Crippen LogP contribution in [0.15, 0.2) is 30.7 Å². The second-order valence-corrected chi connectivity index (χ2v) is 11.2. The summed E-state index contributed by atoms with van der Waals surface area (Å²) < 4.78 is 24.9. The van der Waals surface area contributed by atoms with Crippen molar-refractivity contribution < 1.29 is 13.2 Å². The summed E-state index contributed by atoms with van der Waals surface area (Å²) in [5.74, 6) is 1.79. The van der Waals surface area contributed by atoms with Gasteiger partial charge in [-0.05, 0) is 43.4 Å². The van der Waals surface area contributed by atoms with Crippen LogP contribution in [-0.2, 0) is 14.6 Å². The van der Waals surface area contributed by atoms with Crippen molar-refractivity contribution in [2.45, 2.75) is 44.0 Å². The number of fused-ring (bicyclic) bond motifs is 1. The topological polar surface area (TPSA) is 130 Å². The second kappa shape index (κ2) is 8.55. The molecule has 0 aromatic carbocycles. The third kappa shape index (κ3) is 4.32. The van der Waals surface area contributed by atoms with E-state index in [-0.39, 0.29) is 11.9 Å². The van der Waals surface area contributed by atoms with E-state index in [1.165, 1.54) is 13.2 Å². The molecule has 0 radical (unpaired) electrons. The lowest BCUT2D eigenvalue weighted by Gasteiger charge is -2.40. The monoisotopic (exact) mass is 481 g/mol. The van der Waals surface area contributed by atoms with Crippen LogP contribution in [0, 0.1) is 0 Å². The number of carbonyl (C=O) groups excluding carboxylic acids is 1. The molecule has 2 fully saturated rings. The summed E-state index contributed by atoms with van der Waals surface area (Å²) in [4.78, 5) is 32.0. The van der Waals surface area contributed by atoms with E-state index in [1.807, 2.05) is 13.1 Å². The lowest BCUT2D eigenvalue weighted by atomic mass is 10.1. The fraction of sp³-hybridized carbons (Fsp3) is 0.435. The molecule has 2 unspecified atom stereocenters. The van der Waals surface area contributed by atoms with Crippen molar-refractivity contribution in [3.63, 3.8) is 0 Å². The number of sulfone groups is 1. The van der Waals surface area contributed by atoms with E-state index in [1.54, 1.807) is 24.5 Å². The number of nitrogens with one attached hydrogen (secondary N) is 2. The van der Waals surface area contributed by atoms with Gasteiger partial charge in [0.2, 0.25) is 5.91 Å². The Bertz CT molecular complexity index is 1370. The molecular weight excluding hydrogens is 454 g/mol. The number of hydrogen-bond donors (Lipinski definition) is 2. The van der Waals surface area contributed by atoms with E-state index in [4.69, 9.17) is 9.97 Å². The van der Waals surface area contributed by atoms with Crippen LogP contribution in [0.2, 0.25) is 0 Å². The highest BCUT2D eigenvalue weighted by atomic mass is 32.2. The molecule has 2 N–H and O–H groups in total. The zero-order chi connectivity index (χ0) is 24.0. The van der Waals surface area contributed by atoms with E-state index >= 15 is 0 Å². The Morgan fingerprint density at radius 2 is 2.03 bits per heavy atom. The van der Waals surface area contributed by atoms with Crippen LogP contribution >= 0.6 is 0 Å².